The second-order valence-corrected chi connectivity index (χ2v) is 7.46. The van der Waals surface area contributed by atoms with E-state index in [0.717, 1.165) is 48.4 Å². The average Bonchev–Trinajstić information content (AvgIpc) is 3.03. The maximum atomic E-state index is 13.0. The molecule has 1 aromatic carbocycles. The highest BCUT2D eigenvalue weighted by Crippen LogP contribution is 2.16. The Morgan fingerprint density at radius 1 is 1.21 bits per heavy atom. The fraction of sp³-hybridized carbons (Fsp3) is 0.526. The molecule has 2 aromatic rings. The Kier molecular flexibility index (Phi) is 11.4. The zero-order valence-electron chi connectivity index (χ0n) is 16.9. The quantitative estimate of drug-likeness (QED) is 0.174. The lowest BCUT2D eigenvalue weighted by atomic mass is 10.2. The Balaban J connectivity index is 0.00000392. The molecule has 0 aliphatic rings. The molecule has 6 nitrogen and oxygen atoms in total. The normalized spacial score (nSPS) is 11.4. The van der Waals surface area contributed by atoms with Crippen LogP contribution in [-0.2, 0) is 19.5 Å². The van der Waals surface area contributed by atoms with Crippen LogP contribution in [0.5, 0.6) is 0 Å². The summed E-state index contributed by atoms with van der Waals surface area (Å²) < 4.78 is 15.2. The van der Waals surface area contributed by atoms with Gasteiger partial charge in [0.25, 0.3) is 0 Å². The predicted molar refractivity (Wildman–Crippen MR) is 125 cm³/mol. The van der Waals surface area contributed by atoms with Crippen molar-refractivity contribution in [3.8, 4) is 0 Å². The van der Waals surface area contributed by atoms with Crippen LogP contribution in [0.2, 0.25) is 0 Å². The van der Waals surface area contributed by atoms with Crippen LogP contribution in [0, 0.1) is 11.7 Å². The molecule has 0 radical (unpaired) electrons. The third-order valence-corrected chi connectivity index (χ3v) is 4.66. The van der Waals surface area contributed by atoms with Crippen LogP contribution < -0.4 is 10.6 Å². The zero-order chi connectivity index (χ0) is 19.6. The molecule has 0 saturated carbocycles. The van der Waals surface area contributed by atoms with Crippen molar-refractivity contribution >= 4 is 41.7 Å². The Bertz CT molecular complexity index is 733. The van der Waals surface area contributed by atoms with Gasteiger partial charge in [0, 0.05) is 33.1 Å². The third kappa shape index (κ3) is 7.94. The van der Waals surface area contributed by atoms with Gasteiger partial charge in [0.15, 0.2) is 11.1 Å². The highest BCUT2D eigenvalue weighted by molar-refractivity contribution is 14.0. The summed E-state index contributed by atoms with van der Waals surface area (Å²) in [5.41, 5.74) is 1.01. The second-order valence-electron chi connectivity index (χ2n) is 6.69. The molecular weight excluding hydrogens is 490 g/mol. The van der Waals surface area contributed by atoms with Gasteiger partial charge in [-0.05, 0) is 36.3 Å². The maximum absolute atomic E-state index is 13.0. The number of aliphatic imine (C=N–C) groups is 1. The Morgan fingerprint density at radius 3 is 2.54 bits per heavy atom. The van der Waals surface area contributed by atoms with Crippen molar-refractivity contribution in [1.29, 1.82) is 0 Å². The first kappa shape index (κ1) is 24.7. The monoisotopic (exact) mass is 520 g/mol. The lowest BCUT2D eigenvalue weighted by Gasteiger charge is -2.13. The molecule has 0 bridgehead atoms. The van der Waals surface area contributed by atoms with E-state index in [1.54, 1.807) is 30.9 Å². The lowest BCUT2D eigenvalue weighted by Crippen LogP contribution is -2.37. The maximum Gasteiger partial charge on any atom is 0.191 e. The summed E-state index contributed by atoms with van der Waals surface area (Å²) in [4.78, 5) is 4.22. The molecule has 2 rings (SSSR count). The molecule has 0 fully saturated rings. The molecule has 0 spiro atoms. The minimum atomic E-state index is -0.226. The van der Waals surface area contributed by atoms with Crippen molar-refractivity contribution in [2.75, 3.05) is 19.8 Å². The highest BCUT2D eigenvalue weighted by Gasteiger charge is 2.12. The van der Waals surface area contributed by atoms with E-state index in [0.29, 0.717) is 12.5 Å². The molecule has 0 aliphatic heterocycles. The summed E-state index contributed by atoms with van der Waals surface area (Å²) >= 11 is 1.63. The number of aryl methyl sites for hydroxylation is 1. The highest BCUT2D eigenvalue weighted by atomic mass is 127. The molecule has 9 heteroatoms. The summed E-state index contributed by atoms with van der Waals surface area (Å²) in [6.45, 7) is 6.72. The SMILES string of the molecule is CN=C(NCCCc1nnc(SC)n1CC(C)C)NCc1ccc(F)cc1.I. The predicted octanol–water partition coefficient (Wildman–Crippen LogP) is 3.71. The number of hydrogen-bond donors (Lipinski definition) is 2. The number of guanidine groups is 1. The van der Waals surface area contributed by atoms with Crippen molar-refractivity contribution in [3.63, 3.8) is 0 Å². The van der Waals surface area contributed by atoms with Crippen molar-refractivity contribution in [1.82, 2.24) is 25.4 Å². The van der Waals surface area contributed by atoms with Crippen LogP contribution in [0.3, 0.4) is 0 Å². The number of aromatic nitrogens is 3. The van der Waals surface area contributed by atoms with Crippen LogP contribution >= 0.6 is 35.7 Å². The van der Waals surface area contributed by atoms with Gasteiger partial charge in [-0.25, -0.2) is 4.39 Å². The standard InChI is InChI=1S/C19H29FN6S.HI/c1-14(2)13-26-17(24-25-19(26)27-4)6-5-11-22-18(21-3)23-12-15-7-9-16(20)10-8-15;/h7-10,14H,5-6,11-13H2,1-4H3,(H2,21,22,23);1H. The van der Waals surface area contributed by atoms with Crippen molar-refractivity contribution in [2.45, 2.75) is 44.9 Å². The fourth-order valence-electron chi connectivity index (χ4n) is 2.67. The van der Waals surface area contributed by atoms with Gasteiger partial charge in [0.05, 0.1) is 0 Å². The zero-order valence-corrected chi connectivity index (χ0v) is 20.1. The molecule has 0 aliphatic carbocycles. The Labute approximate surface area is 188 Å². The summed E-state index contributed by atoms with van der Waals surface area (Å²) in [6.07, 6.45) is 3.83. The lowest BCUT2D eigenvalue weighted by molar-refractivity contribution is 0.477. The topological polar surface area (TPSA) is 67.1 Å². The number of thioether (sulfide) groups is 1. The molecule has 0 saturated heterocycles. The molecule has 0 unspecified atom stereocenters. The average molecular weight is 520 g/mol. The van der Waals surface area contributed by atoms with E-state index in [2.05, 4.69) is 44.2 Å². The summed E-state index contributed by atoms with van der Waals surface area (Å²) in [5.74, 6) is 2.09. The summed E-state index contributed by atoms with van der Waals surface area (Å²) in [6, 6.07) is 6.45. The number of hydrogen-bond acceptors (Lipinski definition) is 4. The van der Waals surface area contributed by atoms with Crippen molar-refractivity contribution in [3.05, 3.63) is 41.5 Å². The van der Waals surface area contributed by atoms with Crippen LogP contribution in [-0.4, -0.2) is 40.6 Å². The van der Waals surface area contributed by atoms with Gasteiger partial charge in [-0.15, -0.1) is 34.2 Å². The van der Waals surface area contributed by atoms with Crippen LogP contribution in [0.4, 0.5) is 4.39 Å². The van der Waals surface area contributed by atoms with E-state index < -0.39 is 0 Å². The number of nitrogens with one attached hydrogen (secondary N) is 2. The molecule has 156 valence electrons. The van der Waals surface area contributed by atoms with E-state index in [-0.39, 0.29) is 29.8 Å². The number of rotatable bonds is 9. The number of nitrogens with zero attached hydrogens (tertiary/aromatic N) is 4. The molecule has 1 heterocycles. The molecular formula is C19H30FIN6S. The first-order valence-electron chi connectivity index (χ1n) is 9.18. The Hall–Kier alpha value is -1.36. The second kappa shape index (κ2) is 13.0. The van der Waals surface area contributed by atoms with Gasteiger partial charge in [-0.2, -0.15) is 0 Å². The van der Waals surface area contributed by atoms with Crippen molar-refractivity contribution in [2.24, 2.45) is 10.9 Å². The van der Waals surface area contributed by atoms with E-state index in [1.165, 1.54) is 12.1 Å². The third-order valence-electron chi connectivity index (χ3n) is 3.99. The van der Waals surface area contributed by atoms with Gasteiger partial charge in [-0.1, -0.05) is 37.7 Å². The van der Waals surface area contributed by atoms with Gasteiger partial charge < -0.3 is 15.2 Å². The van der Waals surface area contributed by atoms with Crippen molar-refractivity contribution < 1.29 is 4.39 Å². The molecule has 1 aromatic heterocycles. The minimum absolute atomic E-state index is 0. The molecule has 2 N–H and O–H groups in total. The summed E-state index contributed by atoms with van der Waals surface area (Å²) in [5, 5.41) is 16.1. The molecule has 28 heavy (non-hydrogen) atoms. The van der Waals surface area contributed by atoms with E-state index in [4.69, 9.17) is 0 Å². The van der Waals surface area contributed by atoms with E-state index in [9.17, 15) is 4.39 Å². The van der Waals surface area contributed by atoms with E-state index >= 15 is 0 Å². The largest absolute Gasteiger partial charge is 0.356 e. The van der Waals surface area contributed by atoms with Gasteiger partial charge in [0.2, 0.25) is 0 Å². The van der Waals surface area contributed by atoms with Crippen LogP contribution in [0.25, 0.3) is 0 Å². The van der Waals surface area contributed by atoms with Gasteiger partial charge >= 0.3 is 0 Å². The van der Waals surface area contributed by atoms with Crippen LogP contribution in [0.1, 0.15) is 31.7 Å². The number of halogens is 2. The molecule has 0 atom stereocenters. The van der Waals surface area contributed by atoms with Gasteiger partial charge in [0.1, 0.15) is 11.6 Å². The molecule has 0 amide bonds. The van der Waals surface area contributed by atoms with Gasteiger partial charge in [-0.3, -0.25) is 4.99 Å². The van der Waals surface area contributed by atoms with E-state index in [1.807, 2.05) is 6.26 Å². The first-order valence-corrected chi connectivity index (χ1v) is 10.4. The minimum Gasteiger partial charge on any atom is -0.356 e. The smallest absolute Gasteiger partial charge is 0.191 e. The van der Waals surface area contributed by atoms with Crippen LogP contribution in [0.15, 0.2) is 34.4 Å². The first-order chi connectivity index (χ1) is 13.0. The Morgan fingerprint density at radius 2 is 1.93 bits per heavy atom. The number of benzene rings is 1. The summed E-state index contributed by atoms with van der Waals surface area (Å²) in [7, 11) is 1.74. The fourth-order valence-corrected chi connectivity index (χ4v) is 3.19.